The van der Waals surface area contributed by atoms with Gasteiger partial charge in [0.25, 0.3) is 0 Å². The van der Waals surface area contributed by atoms with Crippen LogP contribution in [0.3, 0.4) is 0 Å². The van der Waals surface area contributed by atoms with Crippen LogP contribution in [-0.4, -0.2) is 47.8 Å². The Hall–Kier alpha value is -4.27. The van der Waals surface area contributed by atoms with Gasteiger partial charge in [0.05, 0.1) is 22.3 Å². The zero-order valence-electron chi connectivity index (χ0n) is 22.7. The molecular weight excluding hydrogens is 554 g/mol. The van der Waals surface area contributed by atoms with E-state index in [0.717, 1.165) is 17.0 Å². The number of amides is 2. The Morgan fingerprint density at radius 2 is 1.85 bits per heavy atom. The van der Waals surface area contributed by atoms with Gasteiger partial charge >= 0.3 is 12.0 Å². The van der Waals surface area contributed by atoms with Crippen molar-refractivity contribution in [1.29, 1.82) is 5.26 Å². The number of hydrogen-bond donors (Lipinski definition) is 3. The highest BCUT2D eigenvalue weighted by Crippen LogP contribution is 2.45. The Labute approximate surface area is 241 Å². The molecule has 12 heteroatoms. The lowest BCUT2D eigenvalue weighted by Crippen LogP contribution is -2.41. The molecule has 2 amide bonds. The van der Waals surface area contributed by atoms with E-state index in [9.17, 15) is 20.0 Å². The van der Waals surface area contributed by atoms with E-state index in [1.54, 1.807) is 19.1 Å². The number of aliphatic carboxylic acids is 1. The first-order valence-corrected chi connectivity index (χ1v) is 13.4. The molecule has 41 heavy (non-hydrogen) atoms. The summed E-state index contributed by atoms with van der Waals surface area (Å²) in [4.78, 5) is 31.8. The first kappa shape index (κ1) is 29.7. The normalized spacial score (nSPS) is 13.4. The number of benzene rings is 2. The van der Waals surface area contributed by atoms with E-state index in [4.69, 9.17) is 11.6 Å². The fourth-order valence-corrected chi connectivity index (χ4v) is 4.91. The smallest absolute Gasteiger partial charge is 0.334 e. The summed E-state index contributed by atoms with van der Waals surface area (Å²) in [6, 6.07) is 8.76. The number of aromatic nitrogens is 1. The number of halogens is 3. The van der Waals surface area contributed by atoms with E-state index in [-0.39, 0.29) is 48.3 Å². The number of carbonyl (C=O) groups is 2. The molecule has 4 rings (SSSR count). The number of carboxylic acid groups (broad SMARTS) is 1. The third kappa shape index (κ3) is 6.24. The van der Waals surface area contributed by atoms with Crippen molar-refractivity contribution in [3.05, 3.63) is 64.8 Å². The number of nitrogens with one attached hydrogen (secondary N) is 2. The van der Waals surface area contributed by atoms with Crippen molar-refractivity contribution in [2.45, 2.75) is 33.2 Å². The van der Waals surface area contributed by atoms with Gasteiger partial charge in [0, 0.05) is 42.6 Å². The van der Waals surface area contributed by atoms with Gasteiger partial charge < -0.3 is 15.7 Å². The van der Waals surface area contributed by atoms with Crippen molar-refractivity contribution >= 4 is 46.5 Å². The fraction of sp³-hybridized carbons (Fsp3) is 0.310. The minimum atomic E-state index is -1.02. The van der Waals surface area contributed by atoms with Crippen molar-refractivity contribution < 1.29 is 23.5 Å². The van der Waals surface area contributed by atoms with Crippen molar-refractivity contribution in [3.8, 4) is 17.2 Å². The molecular formula is C29H29ClF2N6O3. The topological polar surface area (TPSA) is 122 Å². The summed E-state index contributed by atoms with van der Waals surface area (Å²) in [6.07, 6.45) is 1.82. The highest BCUT2D eigenvalue weighted by atomic mass is 35.5. The maximum Gasteiger partial charge on any atom is 0.334 e. The zero-order chi connectivity index (χ0) is 29.8. The lowest BCUT2D eigenvalue weighted by atomic mass is 10.0. The van der Waals surface area contributed by atoms with Gasteiger partial charge in [0.1, 0.15) is 17.5 Å². The summed E-state index contributed by atoms with van der Waals surface area (Å²) < 4.78 is 31.4. The number of anilines is 4. The van der Waals surface area contributed by atoms with Gasteiger partial charge in [-0.3, -0.25) is 14.6 Å². The van der Waals surface area contributed by atoms with Crippen LogP contribution in [0.4, 0.5) is 36.5 Å². The number of carbonyl (C=O) groups excluding carboxylic acids is 1. The van der Waals surface area contributed by atoms with Crippen LogP contribution < -0.4 is 20.4 Å². The second-order valence-electron chi connectivity index (χ2n) is 9.92. The van der Waals surface area contributed by atoms with Gasteiger partial charge in [-0.05, 0) is 49.6 Å². The molecule has 0 saturated carbocycles. The molecule has 0 fully saturated rings. The number of pyridine rings is 1. The molecule has 1 aromatic heterocycles. The molecule has 0 unspecified atom stereocenters. The van der Waals surface area contributed by atoms with Gasteiger partial charge in [-0.1, -0.05) is 31.5 Å². The van der Waals surface area contributed by atoms with E-state index < -0.39 is 35.4 Å². The van der Waals surface area contributed by atoms with Crippen LogP contribution in [0.25, 0.3) is 11.1 Å². The molecule has 0 saturated heterocycles. The number of carboxylic acids is 1. The first-order chi connectivity index (χ1) is 19.5. The molecule has 2 aromatic carbocycles. The van der Waals surface area contributed by atoms with Crippen molar-refractivity contribution in [3.63, 3.8) is 0 Å². The maximum absolute atomic E-state index is 15.7. The van der Waals surface area contributed by atoms with Gasteiger partial charge in [-0.15, -0.1) is 0 Å². The number of fused-ring (bicyclic) bond motifs is 3. The summed E-state index contributed by atoms with van der Waals surface area (Å²) in [6.45, 7) is 6.12. The molecule has 0 spiro atoms. The van der Waals surface area contributed by atoms with Crippen LogP contribution in [0.1, 0.15) is 32.8 Å². The van der Waals surface area contributed by atoms with E-state index >= 15 is 8.78 Å². The van der Waals surface area contributed by atoms with Crippen LogP contribution >= 0.6 is 11.6 Å². The number of rotatable bonds is 10. The van der Waals surface area contributed by atoms with Crippen molar-refractivity contribution in [1.82, 2.24) is 10.3 Å². The minimum Gasteiger partial charge on any atom is -0.480 e. The van der Waals surface area contributed by atoms with E-state index in [0.29, 0.717) is 22.6 Å². The molecule has 1 aliphatic rings. The highest BCUT2D eigenvalue weighted by molar-refractivity contribution is 6.31. The third-order valence-electron chi connectivity index (χ3n) is 6.58. The molecule has 3 N–H and O–H groups in total. The summed E-state index contributed by atoms with van der Waals surface area (Å²) in [5, 5.41) is 25.0. The van der Waals surface area contributed by atoms with Gasteiger partial charge in [0.2, 0.25) is 0 Å². The number of nitrogens with zero attached hydrogens (tertiary/aromatic N) is 4. The number of hydrogen-bond acceptors (Lipinski definition) is 6. The zero-order valence-corrected chi connectivity index (χ0v) is 23.5. The van der Waals surface area contributed by atoms with Crippen LogP contribution in [-0.2, 0) is 4.79 Å². The molecule has 3 aromatic rings. The average molecular weight is 583 g/mol. The SMILES string of the molecule is CCN1C(=O)N(c2c(F)cc(NCCN[C@@H](CC(C)C)C(=O)O)cc2F)c2cc(C#N)ccc2-c2cc(Cl)cnc21. The van der Waals surface area contributed by atoms with Crippen LogP contribution in [0.2, 0.25) is 5.02 Å². The highest BCUT2D eigenvalue weighted by Gasteiger charge is 2.36. The van der Waals surface area contributed by atoms with Crippen molar-refractivity contribution in [2.75, 3.05) is 34.8 Å². The minimum absolute atomic E-state index is 0.0999. The Morgan fingerprint density at radius 3 is 2.46 bits per heavy atom. The third-order valence-corrected chi connectivity index (χ3v) is 6.78. The molecule has 0 radical (unpaired) electrons. The number of urea groups is 1. The summed E-state index contributed by atoms with van der Waals surface area (Å²) in [5.74, 6) is -2.56. The van der Waals surface area contributed by atoms with Gasteiger partial charge in [-0.2, -0.15) is 5.26 Å². The Bertz CT molecular complexity index is 1500. The van der Waals surface area contributed by atoms with Crippen LogP contribution in [0, 0.1) is 28.9 Å². The molecule has 1 atom stereocenters. The number of nitriles is 1. The maximum atomic E-state index is 15.7. The summed E-state index contributed by atoms with van der Waals surface area (Å²) in [7, 11) is 0. The molecule has 2 heterocycles. The molecule has 0 aliphatic carbocycles. The Kier molecular flexibility index (Phi) is 9.05. The van der Waals surface area contributed by atoms with Crippen LogP contribution in [0.5, 0.6) is 0 Å². The van der Waals surface area contributed by atoms with Gasteiger partial charge in [0.15, 0.2) is 11.6 Å². The average Bonchev–Trinajstić information content (AvgIpc) is 3.01. The predicted molar refractivity (Wildman–Crippen MR) is 154 cm³/mol. The lowest BCUT2D eigenvalue weighted by Gasteiger charge is -2.28. The standard InChI is InChI=1S/C29H29ClF2N6O3/c1-4-37-27-21(11-18(30)15-36-27)20-6-5-17(14-33)10-25(20)38(29(37)41)26-22(31)12-19(13-23(26)32)34-7-8-35-24(28(39)40)9-16(2)3/h5-6,10-13,15-16,24,34-35H,4,7-9H2,1-3H3,(H,39,40)/t24-/m0/s1. The fourth-order valence-electron chi connectivity index (χ4n) is 4.75. The first-order valence-electron chi connectivity index (χ1n) is 13.1. The Morgan fingerprint density at radius 1 is 1.15 bits per heavy atom. The molecule has 1 aliphatic heterocycles. The van der Waals surface area contributed by atoms with E-state index in [1.165, 1.54) is 23.2 Å². The largest absolute Gasteiger partial charge is 0.480 e. The predicted octanol–water partition coefficient (Wildman–Crippen LogP) is 6.15. The van der Waals surface area contributed by atoms with Crippen molar-refractivity contribution in [2.24, 2.45) is 5.92 Å². The second-order valence-corrected chi connectivity index (χ2v) is 10.4. The Balaban J connectivity index is 1.70. The van der Waals surface area contributed by atoms with Crippen LogP contribution in [0.15, 0.2) is 42.6 Å². The van der Waals surface area contributed by atoms with E-state index in [2.05, 4.69) is 15.6 Å². The second kappa shape index (κ2) is 12.5. The molecule has 214 valence electrons. The quantitative estimate of drug-likeness (QED) is 0.245. The molecule has 0 bridgehead atoms. The summed E-state index contributed by atoms with van der Waals surface area (Å²) in [5.41, 5.74) is 0.668. The van der Waals surface area contributed by atoms with E-state index in [1.807, 2.05) is 19.9 Å². The molecule has 9 nitrogen and oxygen atoms in total. The van der Waals surface area contributed by atoms with Gasteiger partial charge in [-0.25, -0.2) is 18.6 Å². The summed E-state index contributed by atoms with van der Waals surface area (Å²) >= 11 is 6.22. The lowest BCUT2D eigenvalue weighted by molar-refractivity contribution is -0.139. The monoisotopic (exact) mass is 582 g/mol.